The third-order valence-electron chi connectivity index (χ3n) is 3.26. The zero-order valence-electron chi connectivity index (χ0n) is 12.0. The van der Waals surface area contributed by atoms with Crippen molar-refractivity contribution in [3.8, 4) is 0 Å². The summed E-state index contributed by atoms with van der Waals surface area (Å²) in [4.78, 5) is 13.9. The molecule has 1 N–H and O–H groups in total. The monoisotopic (exact) mass is 244 g/mol. The lowest BCUT2D eigenvalue weighted by Gasteiger charge is -2.27. The van der Waals surface area contributed by atoms with Gasteiger partial charge in [-0.2, -0.15) is 0 Å². The summed E-state index contributed by atoms with van der Waals surface area (Å²) in [7, 11) is 3.92. The van der Waals surface area contributed by atoms with Crippen molar-refractivity contribution in [1.29, 1.82) is 0 Å². The van der Waals surface area contributed by atoms with Crippen molar-refractivity contribution in [2.75, 3.05) is 27.2 Å². The van der Waals surface area contributed by atoms with Crippen LogP contribution in [0.3, 0.4) is 0 Å². The van der Waals surface area contributed by atoms with E-state index in [1.807, 2.05) is 6.92 Å². The minimum atomic E-state index is -0.188. The summed E-state index contributed by atoms with van der Waals surface area (Å²) < 4.78 is 5.02. The Bertz CT molecular complexity index is 206. The topological polar surface area (TPSA) is 41.6 Å². The van der Waals surface area contributed by atoms with Gasteiger partial charge in [0.1, 0.15) is 6.04 Å². The average Bonchev–Trinajstić information content (AvgIpc) is 2.31. The van der Waals surface area contributed by atoms with Crippen LogP contribution in [0.5, 0.6) is 0 Å². The van der Waals surface area contributed by atoms with Crippen LogP contribution in [-0.2, 0) is 9.53 Å². The molecule has 102 valence electrons. The second kappa shape index (κ2) is 9.42. The van der Waals surface area contributed by atoms with Gasteiger partial charge in [0, 0.05) is 12.6 Å². The lowest BCUT2D eigenvalue weighted by atomic mass is 10.1. The normalized spacial score (nSPS) is 13.1. The average molecular weight is 244 g/mol. The van der Waals surface area contributed by atoms with Crippen LogP contribution < -0.4 is 5.32 Å². The second-order valence-electron chi connectivity index (χ2n) is 4.33. The molecule has 0 aromatic heterocycles. The van der Waals surface area contributed by atoms with Crippen LogP contribution in [0.4, 0.5) is 0 Å². The summed E-state index contributed by atoms with van der Waals surface area (Å²) in [5.74, 6) is -0.145. The third-order valence-corrected chi connectivity index (χ3v) is 3.26. The van der Waals surface area contributed by atoms with Gasteiger partial charge < -0.3 is 15.0 Å². The largest absolute Gasteiger partial charge is 0.465 e. The van der Waals surface area contributed by atoms with Gasteiger partial charge in [0.25, 0.3) is 0 Å². The van der Waals surface area contributed by atoms with Crippen molar-refractivity contribution in [3.63, 3.8) is 0 Å². The molecular weight excluding hydrogens is 216 g/mol. The highest BCUT2D eigenvalue weighted by atomic mass is 16.5. The number of carbonyl (C=O) groups excluding carboxylic acids is 1. The van der Waals surface area contributed by atoms with Crippen LogP contribution in [0.25, 0.3) is 0 Å². The first-order chi connectivity index (χ1) is 8.10. The number of likely N-dealkylation sites (N-methyl/N-ethyl adjacent to an activating group) is 1. The van der Waals surface area contributed by atoms with E-state index in [-0.39, 0.29) is 12.0 Å². The molecule has 17 heavy (non-hydrogen) atoms. The summed E-state index contributed by atoms with van der Waals surface area (Å²) in [5, 5.41) is 3.02. The van der Waals surface area contributed by atoms with E-state index in [4.69, 9.17) is 4.74 Å². The molecule has 1 unspecified atom stereocenters. The molecule has 0 aliphatic carbocycles. The Morgan fingerprint density at radius 2 is 1.88 bits per heavy atom. The van der Waals surface area contributed by atoms with Crippen molar-refractivity contribution >= 4 is 5.97 Å². The Labute approximate surface area is 106 Å². The first kappa shape index (κ1) is 16.4. The molecule has 0 rings (SSSR count). The molecule has 0 amide bonds. The lowest BCUT2D eigenvalue weighted by molar-refractivity contribution is -0.145. The molecule has 0 fully saturated rings. The molecule has 4 nitrogen and oxygen atoms in total. The predicted octanol–water partition coefficient (Wildman–Crippen LogP) is 1.65. The highest BCUT2D eigenvalue weighted by Gasteiger charge is 2.19. The summed E-state index contributed by atoms with van der Waals surface area (Å²) >= 11 is 0. The minimum Gasteiger partial charge on any atom is -0.465 e. The zero-order chi connectivity index (χ0) is 13.3. The van der Waals surface area contributed by atoms with Crippen molar-refractivity contribution in [2.24, 2.45) is 0 Å². The maximum absolute atomic E-state index is 11.6. The number of ether oxygens (including phenoxy) is 1. The minimum absolute atomic E-state index is 0.145. The molecule has 0 aromatic rings. The zero-order valence-corrected chi connectivity index (χ0v) is 12.0. The van der Waals surface area contributed by atoms with Gasteiger partial charge >= 0.3 is 5.97 Å². The van der Waals surface area contributed by atoms with Gasteiger partial charge in [-0.15, -0.1) is 0 Å². The van der Waals surface area contributed by atoms with E-state index in [0.717, 1.165) is 25.8 Å². The fourth-order valence-corrected chi connectivity index (χ4v) is 2.05. The smallest absolute Gasteiger partial charge is 0.323 e. The van der Waals surface area contributed by atoms with Gasteiger partial charge in [-0.05, 0) is 40.3 Å². The van der Waals surface area contributed by atoms with Crippen LogP contribution in [0.1, 0.15) is 40.0 Å². The Balaban J connectivity index is 4.09. The van der Waals surface area contributed by atoms with Gasteiger partial charge in [-0.25, -0.2) is 0 Å². The number of nitrogens with zero attached hydrogens (tertiary/aromatic N) is 1. The quantitative estimate of drug-likeness (QED) is 0.626. The number of carbonyl (C=O) groups is 1. The molecule has 0 saturated carbocycles. The number of nitrogens with one attached hydrogen (secondary N) is 1. The van der Waals surface area contributed by atoms with E-state index in [9.17, 15) is 4.79 Å². The Morgan fingerprint density at radius 3 is 2.29 bits per heavy atom. The predicted molar refractivity (Wildman–Crippen MR) is 71.1 cm³/mol. The van der Waals surface area contributed by atoms with E-state index in [1.165, 1.54) is 0 Å². The Hall–Kier alpha value is -0.610. The van der Waals surface area contributed by atoms with Crippen molar-refractivity contribution in [3.05, 3.63) is 0 Å². The lowest BCUT2D eigenvalue weighted by Crippen LogP contribution is -2.40. The standard InChI is InChI=1S/C13H28N2O2/c1-6-11(7-2)15(5)10-9-12(14-4)13(16)17-8-3/h11-12,14H,6-10H2,1-5H3. The van der Waals surface area contributed by atoms with Crippen LogP contribution in [0.2, 0.25) is 0 Å². The summed E-state index contributed by atoms with van der Waals surface area (Å²) in [6, 6.07) is 0.418. The summed E-state index contributed by atoms with van der Waals surface area (Å²) in [6.07, 6.45) is 3.09. The van der Waals surface area contributed by atoms with Crippen LogP contribution in [0.15, 0.2) is 0 Å². The highest BCUT2D eigenvalue weighted by molar-refractivity contribution is 5.75. The summed E-state index contributed by atoms with van der Waals surface area (Å²) in [6.45, 7) is 7.59. The van der Waals surface area contributed by atoms with Gasteiger partial charge in [0.15, 0.2) is 0 Å². The van der Waals surface area contributed by atoms with Crippen LogP contribution in [-0.4, -0.2) is 50.2 Å². The third kappa shape index (κ3) is 6.03. The first-order valence-corrected chi connectivity index (χ1v) is 6.64. The number of hydrogen-bond acceptors (Lipinski definition) is 4. The van der Waals surface area contributed by atoms with Gasteiger partial charge in [0.2, 0.25) is 0 Å². The van der Waals surface area contributed by atoms with Crippen molar-refractivity contribution < 1.29 is 9.53 Å². The molecule has 0 heterocycles. The fraction of sp³-hybridized carbons (Fsp3) is 0.923. The maximum atomic E-state index is 11.6. The number of hydrogen-bond donors (Lipinski definition) is 1. The molecule has 1 atom stereocenters. The molecule has 0 aliphatic rings. The van der Waals surface area contributed by atoms with E-state index >= 15 is 0 Å². The van der Waals surface area contributed by atoms with Crippen LogP contribution >= 0.6 is 0 Å². The molecule has 0 bridgehead atoms. The molecule has 4 heteroatoms. The number of rotatable bonds is 9. The SMILES string of the molecule is CCOC(=O)C(CCN(C)C(CC)CC)NC. The van der Waals surface area contributed by atoms with Crippen LogP contribution in [0, 0.1) is 0 Å². The molecular formula is C13H28N2O2. The molecule has 0 aromatic carbocycles. The van der Waals surface area contributed by atoms with Gasteiger partial charge in [-0.1, -0.05) is 13.8 Å². The van der Waals surface area contributed by atoms with E-state index < -0.39 is 0 Å². The maximum Gasteiger partial charge on any atom is 0.323 e. The molecule has 0 saturated heterocycles. The highest BCUT2D eigenvalue weighted by Crippen LogP contribution is 2.07. The second-order valence-corrected chi connectivity index (χ2v) is 4.33. The Morgan fingerprint density at radius 1 is 1.29 bits per heavy atom. The van der Waals surface area contributed by atoms with Crippen molar-refractivity contribution in [1.82, 2.24) is 10.2 Å². The molecule has 0 spiro atoms. The van der Waals surface area contributed by atoms with Gasteiger partial charge in [0.05, 0.1) is 6.61 Å². The fourth-order valence-electron chi connectivity index (χ4n) is 2.05. The van der Waals surface area contributed by atoms with E-state index in [1.54, 1.807) is 7.05 Å². The van der Waals surface area contributed by atoms with Crippen molar-refractivity contribution in [2.45, 2.75) is 52.1 Å². The molecule has 0 aliphatic heterocycles. The van der Waals surface area contributed by atoms with E-state index in [0.29, 0.717) is 12.6 Å². The summed E-state index contributed by atoms with van der Waals surface area (Å²) in [5.41, 5.74) is 0. The molecule has 0 radical (unpaired) electrons. The first-order valence-electron chi connectivity index (χ1n) is 6.64. The van der Waals surface area contributed by atoms with Gasteiger partial charge in [-0.3, -0.25) is 4.79 Å². The van der Waals surface area contributed by atoms with E-state index in [2.05, 4.69) is 31.1 Å². The number of esters is 1. The Kier molecular flexibility index (Phi) is 9.09.